The average molecular weight is 1820 g/mol. The Morgan fingerprint density at radius 3 is 2.19 bits per heavy atom. The van der Waals surface area contributed by atoms with Gasteiger partial charge in [-0.25, -0.2) is 49.2 Å². The van der Waals surface area contributed by atoms with Crippen LogP contribution in [0.1, 0.15) is 164 Å². The number of carbonyl (C=O) groups is 7. The van der Waals surface area contributed by atoms with Crippen molar-refractivity contribution in [1.29, 1.82) is 0 Å². The minimum atomic E-state index is -2.48. The summed E-state index contributed by atoms with van der Waals surface area (Å²) in [6.07, 6.45) is 21.1. The number of ketones is 3. The van der Waals surface area contributed by atoms with Crippen molar-refractivity contribution in [3.8, 4) is 11.3 Å². The van der Waals surface area contributed by atoms with E-state index in [2.05, 4.69) is 67.7 Å². The van der Waals surface area contributed by atoms with Crippen LogP contribution in [0, 0.1) is 35.5 Å². The van der Waals surface area contributed by atoms with Crippen molar-refractivity contribution in [3.63, 3.8) is 0 Å². The first kappa shape index (κ1) is 95.9. The van der Waals surface area contributed by atoms with Gasteiger partial charge in [0, 0.05) is 197 Å². The molecule has 4 saturated heterocycles. The molecule has 1 saturated carbocycles. The quantitative estimate of drug-likeness (QED) is 0.0253. The van der Waals surface area contributed by atoms with Crippen LogP contribution in [0.4, 0.5) is 22.5 Å². The second kappa shape index (κ2) is 43.5. The number of benzene rings is 1. The van der Waals surface area contributed by atoms with Crippen LogP contribution in [-0.4, -0.2) is 300 Å². The number of H-pyrrole nitrogens is 1. The van der Waals surface area contributed by atoms with E-state index in [1.165, 1.54) is 23.9 Å². The fraction of sp³-hybridized carbons (Fsp3) is 0.582. The molecule has 13 heterocycles. The third kappa shape index (κ3) is 22.5. The number of pyridine rings is 1. The zero-order valence-corrected chi connectivity index (χ0v) is 77.9. The molecule has 1 aromatic carbocycles. The lowest BCUT2D eigenvalue weighted by molar-refractivity contribution is -0.265. The summed E-state index contributed by atoms with van der Waals surface area (Å²) in [5.41, 5.74) is 16.1. The Balaban J connectivity index is 0.487. The molecule has 8 aliphatic rings. The third-order valence-corrected chi connectivity index (χ3v) is 28.3. The predicted molar refractivity (Wildman–Crippen MR) is 495 cm³/mol. The number of carbonyl (C=O) groups excluding carboxylic acids is 7. The molecule has 2 bridgehead atoms. The van der Waals surface area contributed by atoms with Gasteiger partial charge >= 0.3 is 12.1 Å². The molecule has 132 heavy (non-hydrogen) atoms. The van der Waals surface area contributed by atoms with E-state index in [-0.39, 0.29) is 61.7 Å². The number of hydrogen-bond donors (Lipinski definition) is 4. The summed E-state index contributed by atoms with van der Waals surface area (Å²) in [5.74, 6) is -7.07. The highest BCUT2D eigenvalue weighted by Gasteiger charge is 2.54. The van der Waals surface area contributed by atoms with Crippen LogP contribution in [0.25, 0.3) is 33.3 Å². The number of Topliss-reactive ketones (excluding diaryl/α,β-unsaturated/α-hetero) is 3. The van der Waals surface area contributed by atoms with Gasteiger partial charge < -0.3 is 78.6 Å². The number of cyclic esters (lactones) is 1. The van der Waals surface area contributed by atoms with Gasteiger partial charge in [-0.1, -0.05) is 89.3 Å². The molecule has 34 heteroatoms. The van der Waals surface area contributed by atoms with E-state index in [1.807, 2.05) is 92.2 Å². The van der Waals surface area contributed by atoms with Crippen LogP contribution in [0.2, 0.25) is 0 Å². The molecule has 0 unspecified atom stereocenters. The average Bonchev–Trinajstić information content (AvgIpc) is 1.73. The SMILES string of the molecule is CO[C@H]1C[C@@H]2CC[C@@H](C)[C@@](O)(O2)C(=O)C(=O)N2CCCC[C@H]2C(=O)O[C@H]([C@H](C)C[C@@H]2CC[C@@H](OC(=O)N3CCc4nc(N5CCN(CCOCCN6CCN(c7ncc(C(=O)N8CCc9cc(Cn%10nc(-c%11cnc%12[nH]ccc%12c%11)c%11c(N)ncnc%11%10)ccc9C8)cn7)CC6)CC5)ncc4C3)[C@H](OC)C2)CC(=O)[C@H](C)/C=C(\C)[C@@H](O)[C@@H](OC)C(=O)[C@H](C)C[C@H](C)/C=C/C=C/C=C/1C. The molecular weight excluding hydrogens is 1690 g/mol. The largest absolute Gasteiger partial charge is 0.460 e. The summed E-state index contributed by atoms with van der Waals surface area (Å²) >= 11 is 0. The Labute approximate surface area is 771 Å². The van der Waals surface area contributed by atoms with Crippen LogP contribution < -0.4 is 15.5 Å². The number of rotatable bonds is 19. The maximum atomic E-state index is 14.9. The Kier molecular flexibility index (Phi) is 31.6. The summed E-state index contributed by atoms with van der Waals surface area (Å²) in [4.78, 5) is 151. The lowest BCUT2D eigenvalue weighted by atomic mass is 9.78. The maximum absolute atomic E-state index is 14.9. The van der Waals surface area contributed by atoms with Crippen molar-refractivity contribution in [2.45, 2.75) is 213 Å². The highest BCUT2D eigenvalue weighted by atomic mass is 16.6. The van der Waals surface area contributed by atoms with Gasteiger partial charge in [0.15, 0.2) is 11.4 Å². The molecule has 708 valence electrons. The standard InChI is InChI=1S/C98H130N18O16/c1-60-16-12-11-13-17-61(2)80(126-8)50-75-23-19-66(7)98(125,132-75)88(120)93(122)115-29-15-14-18-77(115)94(123)130-81(51-78(117)62(3)45-65(6)86(119)87(128-10)85(118)64(5)44-60)63(4)46-67-21-24-79(82(48-67)127-9)131-97(124)114-31-27-76-74(58-114)55-104-96(107-76)112-38-34-110(35-39-112)41-43-129-42-40-109-32-36-111(37-33-109)95-102-53-73(54-103-95)92(121)113-30-26-69-47-68(20-22-71(69)57-113)56-116-91-83(89(99)105-59-106-91)84(108-116)72-49-70-25-28-100-90(70)101-52-72/h11-13,16-17,20,22,25,28,45,47,49,52-55,59-60,62-64,66-67,75,77,79-82,86-87,119,125H,14-15,18-19,21,23-24,26-27,29-44,46,48,50-51,56-58H2,1-10H3,(H,100,101)(H2,99,105,106)/b13-11+,16-12+,61-17+,65-45+/t60-,62-,63-,64-,66-,67+,75+,77+,79-,80+,81+,82-,86-,87+,98-/m1/s1. The number of esters is 1. The van der Waals surface area contributed by atoms with Crippen molar-refractivity contribution < 1.29 is 76.9 Å². The topological polar surface area (TPSA) is 397 Å². The molecule has 15 atom stereocenters. The van der Waals surface area contributed by atoms with E-state index in [9.17, 15) is 43.8 Å². The number of aromatic nitrogens is 10. The number of amides is 3. The molecular formula is C98H130N18O16. The molecule has 0 spiro atoms. The van der Waals surface area contributed by atoms with Gasteiger partial charge in [0.2, 0.25) is 17.7 Å². The number of piperidine rings is 1. The molecule has 34 nitrogen and oxygen atoms in total. The number of nitrogens with two attached hydrogens (primary N) is 1. The van der Waals surface area contributed by atoms with Crippen LogP contribution in [0.15, 0.2) is 115 Å². The van der Waals surface area contributed by atoms with Crippen molar-refractivity contribution in [3.05, 3.63) is 149 Å². The molecule has 3 amide bonds. The third-order valence-electron chi connectivity index (χ3n) is 28.3. The minimum Gasteiger partial charge on any atom is -0.460 e. The number of methoxy groups -OCH3 is 3. The molecule has 6 aromatic heterocycles. The molecule has 7 aromatic rings. The number of aliphatic hydroxyl groups is 2. The lowest BCUT2D eigenvalue weighted by Crippen LogP contribution is -2.61. The predicted octanol–water partition coefficient (Wildman–Crippen LogP) is 9.44. The molecule has 5 N–H and O–H groups in total. The fourth-order valence-electron chi connectivity index (χ4n) is 20.1. The Morgan fingerprint density at radius 1 is 0.712 bits per heavy atom. The molecule has 1 aliphatic carbocycles. The molecule has 7 aliphatic heterocycles. The van der Waals surface area contributed by atoms with Crippen molar-refractivity contribution >= 4 is 81.0 Å². The normalized spacial score (nSPS) is 28.7. The number of anilines is 3. The first-order valence-corrected chi connectivity index (χ1v) is 47.2. The molecule has 5 fully saturated rings. The van der Waals surface area contributed by atoms with Gasteiger partial charge in [0.25, 0.3) is 17.6 Å². The maximum Gasteiger partial charge on any atom is 0.410 e. The molecule has 15 rings (SSSR count). The van der Waals surface area contributed by atoms with Gasteiger partial charge in [-0.2, -0.15) is 5.10 Å². The van der Waals surface area contributed by atoms with Gasteiger partial charge in [-0.3, -0.25) is 33.8 Å². The smallest absolute Gasteiger partial charge is 0.410 e. The summed E-state index contributed by atoms with van der Waals surface area (Å²) in [6, 6.07) is 9.16. The van der Waals surface area contributed by atoms with Gasteiger partial charge in [0.05, 0.1) is 61.3 Å². The van der Waals surface area contributed by atoms with Crippen LogP contribution in [-0.2, 0) is 89.6 Å². The van der Waals surface area contributed by atoms with E-state index < -0.39 is 102 Å². The monoisotopic (exact) mass is 1810 g/mol. The second-order valence-electron chi connectivity index (χ2n) is 37.5. The summed E-state index contributed by atoms with van der Waals surface area (Å²) in [5, 5.41) is 30.6. The van der Waals surface area contributed by atoms with Crippen molar-refractivity contribution in [2.75, 3.05) is 135 Å². The van der Waals surface area contributed by atoms with Crippen molar-refractivity contribution in [1.82, 2.24) is 74.2 Å². The van der Waals surface area contributed by atoms with E-state index >= 15 is 0 Å². The Morgan fingerprint density at radius 2 is 1.45 bits per heavy atom. The number of nitrogen functional groups attached to an aromatic ring is 1. The number of nitrogens with one attached hydrogen (secondary N) is 1. The lowest BCUT2D eigenvalue weighted by Gasteiger charge is -2.42. The summed E-state index contributed by atoms with van der Waals surface area (Å²) < 4.78 is 44.7. The number of allylic oxidation sites excluding steroid dienone is 6. The molecule has 0 radical (unpaired) electrons. The van der Waals surface area contributed by atoms with Crippen LogP contribution in [0.5, 0.6) is 0 Å². The number of nitrogens with zero attached hydrogens (tertiary/aromatic N) is 16. The summed E-state index contributed by atoms with van der Waals surface area (Å²) in [6.45, 7) is 24.2. The van der Waals surface area contributed by atoms with Gasteiger partial charge in [-0.15, -0.1) is 0 Å². The number of fused-ring (bicyclic) bond motifs is 7. The number of aliphatic hydroxyl groups excluding tert-OH is 1. The first-order valence-electron chi connectivity index (χ1n) is 47.2. The van der Waals surface area contributed by atoms with Crippen molar-refractivity contribution in [2.24, 2.45) is 35.5 Å². The Bertz CT molecular complexity index is 5370. The van der Waals surface area contributed by atoms with E-state index in [1.54, 1.807) is 64.6 Å². The number of piperazine rings is 2. The van der Waals surface area contributed by atoms with E-state index in [4.69, 9.17) is 54.0 Å². The van der Waals surface area contributed by atoms with E-state index in [0.29, 0.717) is 156 Å². The number of ether oxygens (including phenoxy) is 7. The van der Waals surface area contributed by atoms with Crippen LogP contribution in [0.3, 0.4) is 0 Å². The minimum absolute atomic E-state index is 0.0181. The highest BCUT2D eigenvalue weighted by Crippen LogP contribution is 2.41. The summed E-state index contributed by atoms with van der Waals surface area (Å²) in [7, 11) is 4.55. The second-order valence-corrected chi connectivity index (χ2v) is 37.5. The fourth-order valence-corrected chi connectivity index (χ4v) is 20.1. The first-order chi connectivity index (χ1) is 63.7. The highest BCUT2D eigenvalue weighted by molar-refractivity contribution is 6.39. The zero-order chi connectivity index (χ0) is 93.0. The van der Waals surface area contributed by atoms with Crippen LogP contribution >= 0.6 is 0 Å². The van der Waals surface area contributed by atoms with E-state index in [0.717, 1.165) is 110 Å². The number of aromatic amines is 1. The van der Waals surface area contributed by atoms with Gasteiger partial charge in [0.1, 0.15) is 59.7 Å². The zero-order valence-electron chi connectivity index (χ0n) is 77.9. The van der Waals surface area contributed by atoms with Gasteiger partial charge in [-0.05, 0) is 142 Å². The number of hydrogen-bond acceptors (Lipinski definition) is 29. The Hall–Kier alpha value is -10.7.